The number of halogens is 2. The zero-order valence-electron chi connectivity index (χ0n) is 11.0. The van der Waals surface area contributed by atoms with E-state index >= 15 is 0 Å². The lowest BCUT2D eigenvalue weighted by Gasteiger charge is -2.12. The van der Waals surface area contributed by atoms with Crippen molar-refractivity contribution in [2.75, 3.05) is 7.11 Å². The van der Waals surface area contributed by atoms with Crippen molar-refractivity contribution >= 4 is 15.9 Å². The van der Waals surface area contributed by atoms with Gasteiger partial charge in [-0.2, -0.15) is 0 Å². The Morgan fingerprint density at radius 3 is 2.55 bits per heavy atom. The van der Waals surface area contributed by atoms with Crippen LogP contribution in [0.2, 0.25) is 0 Å². The van der Waals surface area contributed by atoms with Gasteiger partial charge in [0, 0.05) is 11.0 Å². The minimum absolute atomic E-state index is 0.251. The van der Waals surface area contributed by atoms with Crippen LogP contribution in [-0.2, 0) is 13.2 Å². The molecule has 0 saturated carbocycles. The molecule has 0 fully saturated rings. The van der Waals surface area contributed by atoms with E-state index < -0.39 is 0 Å². The molecule has 0 amide bonds. The molecule has 0 saturated heterocycles. The first-order valence-electron chi connectivity index (χ1n) is 6.07. The average molecular weight is 340 g/mol. The normalized spacial score (nSPS) is 10.4. The first kappa shape index (κ1) is 14.8. The lowest BCUT2D eigenvalue weighted by molar-refractivity contribution is 0.283. The molecule has 5 heteroatoms. The summed E-state index contributed by atoms with van der Waals surface area (Å²) >= 11 is 3.25. The van der Waals surface area contributed by atoms with Gasteiger partial charge in [-0.05, 0) is 41.5 Å². The van der Waals surface area contributed by atoms with Crippen molar-refractivity contribution in [3.63, 3.8) is 0 Å². The smallest absolute Gasteiger partial charge is 0.161 e. The largest absolute Gasteiger partial charge is 0.493 e. The molecule has 0 unspecified atom stereocenters. The number of hydrogen-bond donors (Lipinski definition) is 1. The van der Waals surface area contributed by atoms with E-state index in [1.54, 1.807) is 13.2 Å². The Morgan fingerprint density at radius 2 is 1.90 bits per heavy atom. The maximum absolute atomic E-state index is 13.3. The number of benzene rings is 2. The van der Waals surface area contributed by atoms with Crippen LogP contribution in [0.5, 0.6) is 11.5 Å². The fourth-order valence-corrected chi connectivity index (χ4v) is 2.33. The number of nitrogens with two attached hydrogens (primary N) is 1. The van der Waals surface area contributed by atoms with E-state index in [1.807, 2.05) is 18.2 Å². The molecule has 2 N–H and O–H groups in total. The summed E-state index contributed by atoms with van der Waals surface area (Å²) in [5.41, 5.74) is 7.28. The SMILES string of the molecule is COc1ccc(CN)cc1OCc1cc(F)cc(Br)c1. The van der Waals surface area contributed by atoms with Crippen molar-refractivity contribution in [2.24, 2.45) is 5.73 Å². The van der Waals surface area contributed by atoms with Crippen molar-refractivity contribution in [3.8, 4) is 11.5 Å². The molecule has 3 nitrogen and oxygen atoms in total. The van der Waals surface area contributed by atoms with Gasteiger partial charge in [-0.1, -0.05) is 22.0 Å². The fraction of sp³-hybridized carbons (Fsp3) is 0.200. The fourth-order valence-electron chi connectivity index (χ4n) is 1.82. The molecule has 0 bridgehead atoms. The Morgan fingerprint density at radius 1 is 1.10 bits per heavy atom. The molecule has 0 aliphatic heterocycles. The van der Waals surface area contributed by atoms with Crippen LogP contribution < -0.4 is 15.2 Å². The molecule has 0 aromatic heterocycles. The summed E-state index contributed by atoms with van der Waals surface area (Å²) in [5.74, 6) is 0.911. The van der Waals surface area contributed by atoms with Crippen molar-refractivity contribution in [1.29, 1.82) is 0 Å². The molecule has 2 rings (SSSR count). The summed E-state index contributed by atoms with van der Waals surface area (Å²) in [5, 5.41) is 0. The zero-order valence-corrected chi connectivity index (χ0v) is 12.6. The molecule has 0 aliphatic rings. The van der Waals surface area contributed by atoms with E-state index in [4.69, 9.17) is 15.2 Å². The summed E-state index contributed by atoms with van der Waals surface area (Å²) in [6.07, 6.45) is 0. The van der Waals surface area contributed by atoms with E-state index in [0.717, 1.165) is 11.1 Å². The minimum Gasteiger partial charge on any atom is -0.493 e. The van der Waals surface area contributed by atoms with Crippen LogP contribution in [0.1, 0.15) is 11.1 Å². The third-order valence-electron chi connectivity index (χ3n) is 2.78. The highest BCUT2D eigenvalue weighted by atomic mass is 79.9. The van der Waals surface area contributed by atoms with Gasteiger partial charge in [0.2, 0.25) is 0 Å². The van der Waals surface area contributed by atoms with Gasteiger partial charge in [0.25, 0.3) is 0 Å². The molecule has 0 aliphatic carbocycles. The second-order valence-corrected chi connectivity index (χ2v) is 5.17. The molecule has 20 heavy (non-hydrogen) atoms. The van der Waals surface area contributed by atoms with Crippen LogP contribution in [-0.4, -0.2) is 7.11 Å². The van der Waals surface area contributed by atoms with E-state index in [-0.39, 0.29) is 12.4 Å². The van der Waals surface area contributed by atoms with Gasteiger partial charge in [0.1, 0.15) is 12.4 Å². The highest BCUT2D eigenvalue weighted by Crippen LogP contribution is 2.29. The van der Waals surface area contributed by atoms with E-state index in [2.05, 4.69) is 15.9 Å². The van der Waals surface area contributed by atoms with Crippen LogP contribution in [0.25, 0.3) is 0 Å². The van der Waals surface area contributed by atoms with Crippen molar-refractivity contribution in [2.45, 2.75) is 13.2 Å². The Balaban J connectivity index is 2.17. The van der Waals surface area contributed by atoms with Crippen molar-refractivity contribution < 1.29 is 13.9 Å². The summed E-state index contributed by atoms with van der Waals surface area (Å²) in [6, 6.07) is 10.2. The maximum Gasteiger partial charge on any atom is 0.161 e. The van der Waals surface area contributed by atoms with Crippen LogP contribution in [0.15, 0.2) is 40.9 Å². The molecule has 0 heterocycles. The summed E-state index contributed by atoms with van der Waals surface area (Å²) in [7, 11) is 1.57. The Kier molecular flexibility index (Phi) is 4.98. The van der Waals surface area contributed by atoms with Gasteiger partial charge >= 0.3 is 0 Å². The highest BCUT2D eigenvalue weighted by Gasteiger charge is 2.07. The zero-order chi connectivity index (χ0) is 14.5. The molecular formula is C15H15BrFNO2. The van der Waals surface area contributed by atoms with Gasteiger partial charge in [-0.25, -0.2) is 4.39 Å². The van der Waals surface area contributed by atoms with Crippen LogP contribution in [0, 0.1) is 5.82 Å². The Labute approximate surface area is 125 Å². The second-order valence-electron chi connectivity index (χ2n) is 4.26. The number of rotatable bonds is 5. The van der Waals surface area contributed by atoms with Gasteiger partial charge in [0.05, 0.1) is 7.11 Å². The predicted octanol–water partition coefficient (Wildman–Crippen LogP) is 3.63. The molecule has 2 aromatic rings. The molecule has 0 atom stereocenters. The summed E-state index contributed by atoms with van der Waals surface area (Å²) in [6.45, 7) is 0.673. The number of hydrogen-bond acceptors (Lipinski definition) is 3. The quantitative estimate of drug-likeness (QED) is 0.904. The lowest BCUT2D eigenvalue weighted by Crippen LogP contribution is -2.01. The highest BCUT2D eigenvalue weighted by molar-refractivity contribution is 9.10. The number of methoxy groups -OCH3 is 1. The Bertz CT molecular complexity index is 584. The van der Waals surface area contributed by atoms with Crippen molar-refractivity contribution in [1.82, 2.24) is 0 Å². The molecule has 106 valence electrons. The van der Waals surface area contributed by atoms with E-state index in [0.29, 0.717) is 22.5 Å². The Hall–Kier alpha value is -1.59. The molecule has 0 radical (unpaired) electrons. The van der Waals surface area contributed by atoms with E-state index in [1.165, 1.54) is 12.1 Å². The topological polar surface area (TPSA) is 44.5 Å². The van der Waals surface area contributed by atoms with Gasteiger partial charge in [-0.3, -0.25) is 0 Å². The van der Waals surface area contributed by atoms with Gasteiger partial charge < -0.3 is 15.2 Å². The van der Waals surface area contributed by atoms with Crippen LogP contribution in [0.4, 0.5) is 4.39 Å². The maximum atomic E-state index is 13.3. The van der Waals surface area contributed by atoms with E-state index in [9.17, 15) is 4.39 Å². The summed E-state index contributed by atoms with van der Waals surface area (Å²) < 4.78 is 24.9. The monoisotopic (exact) mass is 339 g/mol. The van der Waals surface area contributed by atoms with Crippen LogP contribution in [0.3, 0.4) is 0 Å². The van der Waals surface area contributed by atoms with Crippen LogP contribution >= 0.6 is 15.9 Å². The number of ether oxygens (including phenoxy) is 2. The molecule has 0 spiro atoms. The first-order chi connectivity index (χ1) is 9.62. The summed E-state index contributed by atoms with van der Waals surface area (Å²) in [4.78, 5) is 0. The molecular weight excluding hydrogens is 325 g/mol. The third kappa shape index (κ3) is 3.71. The average Bonchev–Trinajstić information content (AvgIpc) is 2.43. The standard InChI is InChI=1S/C15H15BrFNO2/c1-19-14-3-2-10(8-18)6-15(14)20-9-11-4-12(16)7-13(17)5-11/h2-7H,8-9,18H2,1H3. The minimum atomic E-state index is -0.305. The lowest BCUT2D eigenvalue weighted by atomic mass is 10.2. The van der Waals surface area contributed by atoms with Gasteiger partial charge in [-0.15, -0.1) is 0 Å². The second kappa shape index (κ2) is 6.72. The first-order valence-corrected chi connectivity index (χ1v) is 6.86. The van der Waals surface area contributed by atoms with Crippen molar-refractivity contribution in [3.05, 3.63) is 57.8 Å². The van der Waals surface area contributed by atoms with Gasteiger partial charge in [0.15, 0.2) is 11.5 Å². The third-order valence-corrected chi connectivity index (χ3v) is 3.24. The predicted molar refractivity (Wildman–Crippen MR) is 79.3 cm³/mol. The molecule has 2 aromatic carbocycles.